The van der Waals surface area contributed by atoms with E-state index in [1.165, 1.54) is 0 Å². The Morgan fingerprint density at radius 3 is 2.57 bits per heavy atom. The molecule has 110 valence electrons. The molecule has 1 aliphatic heterocycles. The van der Waals surface area contributed by atoms with Crippen molar-refractivity contribution in [1.29, 1.82) is 0 Å². The summed E-state index contributed by atoms with van der Waals surface area (Å²) in [7, 11) is 1.59. The molecular formula is C15H13Cl2NO3. The van der Waals surface area contributed by atoms with E-state index in [0.29, 0.717) is 27.3 Å². The molecule has 1 heterocycles. The summed E-state index contributed by atoms with van der Waals surface area (Å²) in [5.41, 5.74) is 7.13. The first-order valence-electron chi connectivity index (χ1n) is 6.33. The van der Waals surface area contributed by atoms with Crippen LogP contribution < -0.4 is 19.9 Å². The van der Waals surface area contributed by atoms with Gasteiger partial charge in [-0.15, -0.1) is 0 Å². The highest BCUT2D eigenvalue weighted by Crippen LogP contribution is 2.47. The molecule has 0 radical (unpaired) electrons. The Hall–Kier alpha value is -1.62. The lowest BCUT2D eigenvalue weighted by molar-refractivity contribution is 0.0583. The van der Waals surface area contributed by atoms with Crippen LogP contribution in [0.15, 0.2) is 30.3 Å². The van der Waals surface area contributed by atoms with Crippen LogP contribution in [0.4, 0.5) is 0 Å². The zero-order chi connectivity index (χ0) is 15.0. The summed E-state index contributed by atoms with van der Waals surface area (Å²) in [5.74, 6) is 1.83. The van der Waals surface area contributed by atoms with Crippen molar-refractivity contribution in [2.75, 3.05) is 13.7 Å². The highest BCUT2D eigenvalue weighted by atomic mass is 35.5. The fourth-order valence-corrected chi connectivity index (χ4v) is 2.64. The van der Waals surface area contributed by atoms with Crippen molar-refractivity contribution < 1.29 is 14.2 Å². The highest BCUT2D eigenvalue weighted by molar-refractivity contribution is 6.31. The van der Waals surface area contributed by atoms with Gasteiger partial charge in [-0.1, -0.05) is 23.2 Å². The minimum atomic E-state index is -0.512. The molecule has 21 heavy (non-hydrogen) atoms. The number of hydrogen-bond donors (Lipinski definition) is 1. The van der Waals surface area contributed by atoms with Gasteiger partial charge < -0.3 is 19.9 Å². The smallest absolute Gasteiger partial charge is 0.253 e. The average molecular weight is 326 g/mol. The lowest BCUT2D eigenvalue weighted by Gasteiger charge is -2.12. The number of hydrogen-bond acceptors (Lipinski definition) is 4. The average Bonchev–Trinajstić information content (AvgIpc) is 2.89. The van der Waals surface area contributed by atoms with E-state index in [4.69, 9.17) is 43.1 Å². The van der Waals surface area contributed by atoms with Crippen molar-refractivity contribution in [2.45, 2.75) is 6.29 Å². The third kappa shape index (κ3) is 2.62. The third-order valence-electron chi connectivity index (χ3n) is 3.17. The monoisotopic (exact) mass is 325 g/mol. The number of ether oxygens (including phenoxy) is 3. The Morgan fingerprint density at radius 1 is 1.10 bits per heavy atom. The third-order valence-corrected chi connectivity index (χ3v) is 3.62. The van der Waals surface area contributed by atoms with E-state index in [1.54, 1.807) is 37.4 Å². The van der Waals surface area contributed by atoms with Crippen molar-refractivity contribution >= 4 is 23.2 Å². The van der Waals surface area contributed by atoms with Gasteiger partial charge in [-0.2, -0.15) is 0 Å². The van der Waals surface area contributed by atoms with Crippen LogP contribution in [-0.4, -0.2) is 19.9 Å². The van der Waals surface area contributed by atoms with Crippen molar-refractivity contribution in [2.24, 2.45) is 5.73 Å². The second-order valence-corrected chi connectivity index (χ2v) is 5.40. The van der Waals surface area contributed by atoms with Gasteiger partial charge in [-0.25, -0.2) is 0 Å². The van der Waals surface area contributed by atoms with Crippen LogP contribution in [0.1, 0.15) is 0 Å². The van der Waals surface area contributed by atoms with Crippen molar-refractivity contribution in [3.8, 4) is 28.4 Å². The molecule has 4 nitrogen and oxygen atoms in total. The highest BCUT2D eigenvalue weighted by Gasteiger charge is 2.28. The summed E-state index contributed by atoms with van der Waals surface area (Å²) in [6.07, 6.45) is -0.512. The van der Waals surface area contributed by atoms with Gasteiger partial charge >= 0.3 is 0 Å². The molecule has 0 spiro atoms. The molecule has 0 saturated heterocycles. The quantitative estimate of drug-likeness (QED) is 0.934. The van der Waals surface area contributed by atoms with Gasteiger partial charge in [0.25, 0.3) is 6.29 Å². The maximum atomic E-state index is 6.16. The molecule has 0 fully saturated rings. The topological polar surface area (TPSA) is 53.7 Å². The minimum absolute atomic E-state index is 0.248. The Morgan fingerprint density at radius 2 is 1.86 bits per heavy atom. The Kier molecular flexibility index (Phi) is 3.85. The lowest BCUT2D eigenvalue weighted by Crippen LogP contribution is -2.27. The Balaban J connectivity index is 2.18. The molecule has 0 saturated carbocycles. The summed E-state index contributed by atoms with van der Waals surface area (Å²) >= 11 is 12.3. The number of benzene rings is 2. The number of rotatable bonds is 3. The summed E-state index contributed by atoms with van der Waals surface area (Å²) in [6.45, 7) is 0.248. The van der Waals surface area contributed by atoms with Crippen LogP contribution in [0, 0.1) is 0 Å². The van der Waals surface area contributed by atoms with E-state index in [2.05, 4.69) is 0 Å². The van der Waals surface area contributed by atoms with Crippen LogP contribution in [0.25, 0.3) is 11.1 Å². The molecule has 1 atom stereocenters. The van der Waals surface area contributed by atoms with Crippen molar-refractivity contribution in [1.82, 2.24) is 0 Å². The second-order valence-electron chi connectivity index (χ2n) is 4.53. The summed E-state index contributed by atoms with van der Waals surface area (Å²) in [6, 6.07) is 8.84. The zero-order valence-electron chi connectivity index (χ0n) is 11.2. The maximum absolute atomic E-state index is 6.16. The Labute approximate surface area is 132 Å². The fourth-order valence-electron chi connectivity index (χ4n) is 2.26. The lowest BCUT2D eigenvalue weighted by atomic mass is 10.0. The van der Waals surface area contributed by atoms with Crippen LogP contribution in [0.5, 0.6) is 17.2 Å². The van der Waals surface area contributed by atoms with Crippen LogP contribution >= 0.6 is 23.2 Å². The number of nitrogens with two attached hydrogens (primary N) is 1. The van der Waals surface area contributed by atoms with Gasteiger partial charge in [0, 0.05) is 27.2 Å². The van der Waals surface area contributed by atoms with Gasteiger partial charge in [0.1, 0.15) is 5.75 Å². The first-order valence-corrected chi connectivity index (χ1v) is 7.09. The SMILES string of the molecule is COc1ccc(Cl)cc1-c1cc(Cl)cc2c1OC(CN)O2. The fraction of sp³-hybridized carbons (Fsp3) is 0.200. The summed E-state index contributed by atoms with van der Waals surface area (Å²) < 4.78 is 16.7. The van der Waals surface area contributed by atoms with Crippen LogP contribution in [0.2, 0.25) is 10.0 Å². The maximum Gasteiger partial charge on any atom is 0.253 e. The normalized spacial score (nSPS) is 16.1. The largest absolute Gasteiger partial charge is 0.496 e. The van der Waals surface area contributed by atoms with Crippen molar-refractivity contribution in [3.63, 3.8) is 0 Å². The predicted molar refractivity (Wildman–Crippen MR) is 82.5 cm³/mol. The van der Waals surface area contributed by atoms with Gasteiger partial charge in [0.2, 0.25) is 0 Å². The standard InChI is InChI=1S/C15H13Cl2NO3/c1-19-12-3-2-8(16)4-10(12)11-5-9(17)6-13-15(11)21-14(7-18)20-13/h2-6,14H,7,18H2,1H3. The molecule has 2 N–H and O–H groups in total. The molecule has 0 amide bonds. The summed E-state index contributed by atoms with van der Waals surface area (Å²) in [4.78, 5) is 0. The van der Waals surface area contributed by atoms with E-state index in [1.807, 2.05) is 0 Å². The van der Waals surface area contributed by atoms with Gasteiger partial charge in [-0.3, -0.25) is 0 Å². The molecule has 2 aromatic carbocycles. The number of halogens is 2. The molecular weight excluding hydrogens is 313 g/mol. The zero-order valence-corrected chi connectivity index (χ0v) is 12.7. The number of methoxy groups -OCH3 is 1. The number of fused-ring (bicyclic) bond motifs is 1. The second kappa shape index (κ2) is 5.64. The Bertz CT molecular complexity index is 691. The molecule has 3 rings (SSSR count). The van der Waals surface area contributed by atoms with Gasteiger partial charge in [-0.05, 0) is 24.3 Å². The van der Waals surface area contributed by atoms with Crippen LogP contribution in [-0.2, 0) is 0 Å². The molecule has 0 aliphatic carbocycles. The molecule has 0 bridgehead atoms. The van der Waals surface area contributed by atoms with E-state index >= 15 is 0 Å². The van der Waals surface area contributed by atoms with E-state index in [0.717, 1.165) is 11.1 Å². The molecule has 6 heteroatoms. The van der Waals surface area contributed by atoms with E-state index < -0.39 is 6.29 Å². The molecule has 1 unspecified atom stereocenters. The van der Waals surface area contributed by atoms with Crippen LogP contribution in [0.3, 0.4) is 0 Å². The molecule has 0 aromatic heterocycles. The minimum Gasteiger partial charge on any atom is -0.496 e. The summed E-state index contributed by atoms with van der Waals surface area (Å²) in [5, 5.41) is 1.13. The first-order chi connectivity index (χ1) is 10.1. The predicted octanol–water partition coefficient (Wildman–Crippen LogP) is 3.73. The van der Waals surface area contributed by atoms with E-state index in [-0.39, 0.29) is 6.54 Å². The van der Waals surface area contributed by atoms with Gasteiger partial charge in [0.15, 0.2) is 11.5 Å². The first kappa shape index (κ1) is 14.3. The van der Waals surface area contributed by atoms with E-state index in [9.17, 15) is 0 Å². The van der Waals surface area contributed by atoms with Gasteiger partial charge in [0.05, 0.1) is 13.7 Å². The molecule has 1 aliphatic rings. The van der Waals surface area contributed by atoms with Crippen molar-refractivity contribution in [3.05, 3.63) is 40.4 Å². The molecule has 2 aromatic rings.